The van der Waals surface area contributed by atoms with E-state index < -0.39 is 0 Å². The molecule has 1 saturated carbocycles. The van der Waals surface area contributed by atoms with E-state index in [0.29, 0.717) is 6.04 Å². The maximum absolute atomic E-state index is 12.6. The van der Waals surface area contributed by atoms with E-state index >= 15 is 0 Å². The van der Waals surface area contributed by atoms with Crippen LogP contribution in [0.2, 0.25) is 0 Å². The van der Waals surface area contributed by atoms with E-state index in [9.17, 15) is 4.79 Å². The van der Waals surface area contributed by atoms with Gasteiger partial charge in [-0.25, -0.2) is 0 Å². The number of rotatable bonds is 5. The highest BCUT2D eigenvalue weighted by Gasteiger charge is 2.36. The molecule has 1 aromatic heterocycles. The normalized spacial score (nSPS) is 15.9. The van der Waals surface area contributed by atoms with Gasteiger partial charge in [0.2, 0.25) is 5.91 Å². The molecule has 22 heavy (non-hydrogen) atoms. The monoisotopic (exact) mass is 295 g/mol. The van der Waals surface area contributed by atoms with Gasteiger partial charge in [-0.05, 0) is 50.5 Å². The summed E-state index contributed by atoms with van der Waals surface area (Å²) in [5, 5.41) is 0. The van der Waals surface area contributed by atoms with Crippen molar-refractivity contribution in [2.45, 2.75) is 38.8 Å². The average molecular weight is 295 g/mol. The van der Waals surface area contributed by atoms with Crippen molar-refractivity contribution in [3.8, 4) is 0 Å². The van der Waals surface area contributed by atoms with Crippen LogP contribution in [-0.4, -0.2) is 16.8 Å². The fourth-order valence-corrected chi connectivity index (χ4v) is 2.64. The minimum Gasteiger partial charge on any atom is -0.467 e. The van der Waals surface area contributed by atoms with E-state index in [1.807, 2.05) is 54.3 Å². The molecule has 1 unspecified atom stereocenters. The molecule has 1 aliphatic carbocycles. The van der Waals surface area contributed by atoms with Crippen LogP contribution in [-0.2, 0) is 4.79 Å². The molecule has 0 spiro atoms. The molecule has 0 N–H and O–H groups in total. The second kappa shape index (κ2) is 6.22. The van der Waals surface area contributed by atoms with Crippen molar-refractivity contribution in [3.63, 3.8) is 0 Å². The minimum atomic E-state index is -0.0299. The summed E-state index contributed by atoms with van der Waals surface area (Å²) in [4.78, 5) is 14.5. The van der Waals surface area contributed by atoms with Gasteiger partial charge >= 0.3 is 0 Å². The molecule has 0 saturated heterocycles. The molecule has 1 fully saturated rings. The molecule has 1 atom stereocenters. The van der Waals surface area contributed by atoms with Crippen LogP contribution in [0, 0.1) is 6.92 Å². The number of hydrogen-bond donors (Lipinski definition) is 0. The highest BCUT2D eigenvalue weighted by molar-refractivity contribution is 5.92. The van der Waals surface area contributed by atoms with Crippen molar-refractivity contribution in [2.24, 2.45) is 0 Å². The molecule has 1 aliphatic rings. The highest BCUT2D eigenvalue weighted by Crippen LogP contribution is 2.34. The molecule has 0 radical (unpaired) electrons. The van der Waals surface area contributed by atoms with Crippen LogP contribution in [0.25, 0.3) is 6.08 Å². The SMILES string of the molecule is Cc1ccc(/C=C/C(=O)N(C2CC2)C(C)c2ccco2)cc1. The van der Waals surface area contributed by atoms with Gasteiger partial charge in [0.1, 0.15) is 5.76 Å². The first kappa shape index (κ1) is 14.6. The zero-order valence-electron chi connectivity index (χ0n) is 13.0. The lowest BCUT2D eigenvalue weighted by Crippen LogP contribution is -2.34. The van der Waals surface area contributed by atoms with Gasteiger partial charge in [-0.15, -0.1) is 0 Å². The fourth-order valence-electron chi connectivity index (χ4n) is 2.64. The zero-order chi connectivity index (χ0) is 15.5. The van der Waals surface area contributed by atoms with Crippen molar-refractivity contribution >= 4 is 12.0 Å². The first-order valence-electron chi connectivity index (χ1n) is 7.75. The number of carbonyl (C=O) groups excluding carboxylic acids is 1. The maximum atomic E-state index is 12.6. The van der Waals surface area contributed by atoms with Gasteiger partial charge in [-0.3, -0.25) is 4.79 Å². The number of hydrogen-bond acceptors (Lipinski definition) is 2. The van der Waals surface area contributed by atoms with Crippen LogP contribution in [0.3, 0.4) is 0 Å². The number of aryl methyl sites for hydroxylation is 1. The average Bonchev–Trinajstić information content (AvgIpc) is 3.18. The predicted octanol–water partition coefficient (Wildman–Crippen LogP) is 4.35. The van der Waals surface area contributed by atoms with Crippen molar-refractivity contribution in [1.82, 2.24) is 4.90 Å². The van der Waals surface area contributed by atoms with Crippen molar-refractivity contribution < 1.29 is 9.21 Å². The Kier molecular flexibility index (Phi) is 4.14. The standard InChI is InChI=1S/C19H21NO2/c1-14-5-7-16(8-6-14)9-12-19(21)20(17-10-11-17)15(2)18-4-3-13-22-18/h3-9,12-13,15,17H,10-11H2,1-2H3/b12-9+. The highest BCUT2D eigenvalue weighted by atomic mass is 16.3. The van der Waals surface area contributed by atoms with Crippen LogP contribution in [0.5, 0.6) is 0 Å². The molecule has 1 amide bonds. The third-order valence-corrected chi connectivity index (χ3v) is 4.06. The lowest BCUT2D eigenvalue weighted by atomic mass is 10.1. The van der Waals surface area contributed by atoms with E-state index in [1.165, 1.54) is 5.56 Å². The molecular formula is C19H21NO2. The Labute approximate surface area is 131 Å². The predicted molar refractivity (Wildman–Crippen MR) is 87.2 cm³/mol. The van der Waals surface area contributed by atoms with Gasteiger partial charge in [-0.2, -0.15) is 0 Å². The summed E-state index contributed by atoms with van der Waals surface area (Å²) in [6.45, 7) is 4.08. The molecule has 3 heteroatoms. The number of benzene rings is 1. The molecule has 114 valence electrons. The van der Waals surface area contributed by atoms with Crippen molar-refractivity contribution in [3.05, 3.63) is 65.6 Å². The van der Waals surface area contributed by atoms with E-state index in [2.05, 4.69) is 6.92 Å². The van der Waals surface area contributed by atoms with Crippen LogP contribution in [0.4, 0.5) is 0 Å². The van der Waals surface area contributed by atoms with Gasteiger partial charge < -0.3 is 9.32 Å². The molecule has 3 rings (SSSR count). The number of carbonyl (C=O) groups is 1. The summed E-state index contributed by atoms with van der Waals surface area (Å²) >= 11 is 0. The summed E-state index contributed by atoms with van der Waals surface area (Å²) in [6.07, 6.45) is 7.36. The van der Waals surface area contributed by atoms with Crippen molar-refractivity contribution in [2.75, 3.05) is 0 Å². The molecule has 1 aromatic carbocycles. The topological polar surface area (TPSA) is 33.5 Å². The third kappa shape index (κ3) is 3.30. The Bertz CT molecular complexity index is 651. The summed E-state index contributed by atoms with van der Waals surface area (Å²) in [5.41, 5.74) is 2.26. The van der Waals surface area contributed by atoms with Gasteiger partial charge in [0, 0.05) is 12.1 Å². The Morgan fingerprint density at radius 3 is 2.59 bits per heavy atom. The summed E-state index contributed by atoms with van der Waals surface area (Å²) in [7, 11) is 0. The van der Waals surface area contributed by atoms with Crippen molar-refractivity contribution in [1.29, 1.82) is 0 Å². The molecule has 2 aromatic rings. The quantitative estimate of drug-likeness (QED) is 0.768. The first-order valence-corrected chi connectivity index (χ1v) is 7.75. The lowest BCUT2D eigenvalue weighted by Gasteiger charge is -2.26. The number of amides is 1. The van der Waals surface area contributed by atoms with Crippen LogP contribution in [0.1, 0.15) is 42.7 Å². The van der Waals surface area contributed by atoms with Gasteiger partial charge in [-0.1, -0.05) is 29.8 Å². The second-order valence-corrected chi connectivity index (χ2v) is 5.91. The number of nitrogens with zero attached hydrogens (tertiary/aromatic N) is 1. The molecule has 0 bridgehead atoms. The Morgan fingerprint density at radius 1 is 1.27 bits per heavy atom. The molecule has 3 nitrogen and oxygen atoms in total. The molecular weight excluding hydrogens is 274 g/mol. The molecule has 0 aliphatic heterocycles. The maximum Gasteiger partial charge on any atom is 0.247 e. The van der Waals surface area contributed by atoms with Crippen LogP contribution < -0.4 is 0 Å². The van der Waals surface area contributed by atoms with Gasteiger partial charge in [0.15, 0.2) is 0 Å². The van der Waals surface area contributed by atoms with Crippen LogP contribution in [0.15, 0.2) is 53.2 Å². The van der Waals surface area contributed by atoms with E-state index in [4.69, 9.17) is 4.42 Å². The number of furan rings is 1. The second-order valence-electron chi connectivity index (χ2n) is 5.91. The molecule has 1 heterocycles. The summed E-state index contributed by atoms with van der Waals surface area (Å²) < 4.78 is 5.46. The smallest absolute Gasteiger partial charge is 0.247 e. The lowest BCUT2D eigenvalue weighted by molar-refractivity contribution is -0.129. The summed E-state index contributed by atoms with van der Waals surface area (Å²) in [6, 6.07) is 12.3. The van der Waals surface area contributed by atoms with Gasteiger partial charge in [0.05, 0.1) is 12.3 Å². The zero-order valence-corrected chi connectivity index (χ0v) is 13.0. The Hall–Kier alpha value is -2.29. The van der Waals surface area contributed by atoms with E-state index in [0.717, 1.165) is 24.2 Å². The van der Waals surface area contributed by atoms with Gasteiger partial charge in [0.25, 0.3) is 0 Å². The van der Waals surface area contributed by atoms with E-state index in [1.54, 1.807) is 12.3 Å². The minimum absolute atomic E-state index is 0.0299. The Balaban J connectivity index is 1.74. The fraction of sp³-hybridized carbons (Fsp3) is 0.316. The largest absolute Gasteiger partial charge is 0.467 e. The Morgan fingerprint density at radius 2 is 2.00 bits per heavy atom. The van der Waals surface area contributed by atoms with Crippen LogP contribution >= 0.6 is 0 Å². The summed E-state index contributed by atoms with van der Waals surface area (Å²) in [5.74, 6) is 0.885. The third-order valence-electron chi connectivity index (χ3n) is 4.06. The van der Waals surface area contributed by atoms with E-state index in [-0.39, 0.29) is 11.9 Å². The first-order chi connectivity index (χ1) is 10.6.